The fourth-order valence-corrected chi connectivity index (χ4v) is 6.33. The van der Waals surface area contributed by atoms with Crippen molar-refractivity contribution in [2.45, 2.75) is 76.9 Å². The predicted molar refractivity (Wildman–Crippen MR) is 138 cm³/mol. The summed E-state index contributed by atoms with van der Waals surface area (Å²) >= 11 is 0. The van der Waals surface area contributed by atoms with Crippen molar-refractivity contribution in [3.05, 3.63) is 42.0 Å². The zero-order valence-corrected chi connectivity index (χ0v) is 21.0. The second kappa shape index (κ2) is 11.0. The first kappa shape index (κ1) is 25.0. The van der Waals surface area contributed by atoms with Gasteiger partial charge in [0.1, 0.15) is 0 Å². The van der Waals surface area contributed by atoms with Crippen molar-refractivity contribution in [2.75, 3.05) is 24.6 Å². The molecule has 0 heterocycles. The smallest absolute Gasteiger partial charge is 0.155 e. The normalized spacial score (nSPS) is 20.0. The summed E-state index contributed by atoms with van der Waals surface area (Å²) in [6, 6.07) is 12.6. The number of hydrogen-bond donors (Lipinski definition) is 2. The number of rotatable bonds is 10. The molecule has 1 aliphatic rings. The van der Waals surface area contributed by atoms with Crippen LogP contribution < -0.4 is 11.1 Å². The zero-order chi connectivity index (χ0) is 23.2. The number of nitrogen functional groups attached to an aromatic ring is 1. The molecule has 0 bridgehead atoms. The van der Waals surface area contributed by atoms with E-state index in [1.54, 1.807) is 0 Å². The molecular formula is C27H42N2O2S. The van der Waals surface area contributed by atoms with Crippen LogP contribution in [-0.4, -0.2) is 32.0 Å². The van der Waals surface area contributed by atoms with E-state index in [9.17, 15) is 8.42 Å². The van der Waals surface area contributed by atoms with Gasteiger partial charge in [-0.2, -0.15) is 0 Å². The Balaban J connectivity index is 1.29. The SMILES string of the molecule is CC(C)(C)S(=O)(=O)CC1CCC(CCCCNCCc2ccc(N)c3ccccc23)CC1. The number of nitrogens with one attached hydrogen (secondary N) is 1. The van der Waals surface area contributed by atoms with Crippen molar-refractivity contribution in [1.29, 1.82) is 0 Å². The molecule has 0 spiro atoms. The van der Waals surface area contributed by atoms with Gasteiger partial charge >= 0.3 is 0 Å². The maximum Gasteiger partial charge on any atom is 0.155 e. The lowest BCUT2D eigenvalue weighted by atomic mass is 9.80. The average Bonchev–Trinajstić information content (AvgIpc) is 2.75. The van der Waals surface area contributed by atoms with Crippen molar-refractivity contribution in [3.63, 3.8) is 0 Å². The van der Waals surface area contributed by atoms with Crippen LogP contribution in [-0.2, 0) is 16.3 Å². The highest BCUT2D eigenvalue weighted by molar-refractivity contribution is 7.92. The fraction of sp³-hybridized carbons (Fsp3) is 0.630. The Morgan fingerprint density at radius 2 is 1.56 bits per heavy atom. The molecule has 0 aromatic heterocycles. The Bertz CT molecular complexity index is 971. The number of hydrogen-bond acceptors (Lipinski definition) is 4. The molecule has 5 heteroatoms. The van der Waals surface area contributed by atoms with Gasteiger partial charge in [0, 0.05) is 11.1 Å². The minimum atomic E-state index is -2.99. The van der Waals surface area contributed by atoms with E-state index >= 15 is 0 Å². The molecule has 1 fully saturated rings. The Kier molecular flexibility index (Phi) is 8.62. The lowest BCUT2D eigenvalue weighted by Crippen LogP contribution is -2.34. The van der Waals surface area contributed by atoms with Crippen LogP contribution >= 0.6 is 0 Å². The van der Waals surface area contributed by atoms with Gasteiger partial charge in [0.05, 0.1) is 10.5 Å². The van der Waals surface area contributed by atoms with Gasteiger partial charge in [0.25, 0.3) is 0 Å². The van der Waals surface area contributed by atoms with Crippen molar-refractivity contribution in [1.82, 2.24) is 5.32 Å². The van der Waals surface area contributed by atoms with Gasteiger partial charge in [0.2, 0.25) is 0 Å². The van der Waals surface area contributed by atoms with Crippen LogP contribution in [0.1, 0.15) is 71.3 Å². The van der Waals surface area contributed by atoms with Crippen LogP contribution in [0.4, 0.5) is 5.69 Å². The number of anilines is 1. The van der Waals surface area contributed by atoms with Gasteiger partial charge in [-0.1, -0.05) is 56.0 Å². The molecule has 1 aliphatic carbocycles. The van der Waals surface area contributed by atoms with Gasteiger partial charge < -0.3 is 11.1 Å². The maximum absolute atomic E-state index is 12.5. The zero-order valence-electron chi connectivity index (χ0n) is 20.2. The number of fused-ring (bicyclic) bond motifs is 1. The monoisotopic (exact) mass is 458 g/mol. The van der Waals surface area contributed by atoms with Gasteiger partial charge in [-0.3, -0.25) is 0 Å². The van der Waals surface area contributed by atoms with Crippen LogP contribution in [0.3, 0.4) is 0 Å². The summed E-state index contributed by atoms with van der Waals surface area (Å²) in [4.78, 5) is 0. The second-order valence-corrected chi connectivity index (χ2v) is 13.4. The highest BCUT2D eigenvalue weighted by atomic mass is 32.2. The number of unbranched alkanes of at least 4 members (excludes halogenated alkanes) is 1. The van der Waals surface area contributed by atoms with E-state index in [2.05, 4.69) is 29.6 Å². The fourth-order valence-electron chi connectivity index (χ4n) is 4.88. The highest BCUT2D eigenvalue weighted by Gasteiger charge is 2.33. The van der Waals surface area contributed by atoms with Gasteiger partial charge in [-0.05, 0) is 88.4 Å². The predicted octanol–water partition coefficient (Wildman–Crippen LogP) is 5.74. The Morgan fingerprint density at radius 1 is 0.906 bits per heavy atom. The number of sulfone groups is 1. The molecule has 0 radical (unpaired) electrons. The van der Waals surface area contributed by atoms with Gasteiger partial charge in [-0.15, -0.1) is 0 Å². The van der Waals surface area contributed by atoms with Crippen molar-refractivity contribution in [3.8, 4) is 0 Å². The van der Waals surface area contributed by atoms with Crippen LogP contribution in [0.25, 0.3) is 10.8 Å². The summed E-state index contributed by atoms with van der Waals surface area (Å²) in [7, 11) is -2.99. The van der Waals surface area contributed by atoms with Crippen LogP contribution in [0, 0.1) is 11.8 Å². The van der Waals surface area contributed by atoms with Crippen LogP contribution in [0.2, 0.25) is 0 Å². The summed E-state index contributed by atoms with van der Waals surface area (Å²) in [5.41, 5.74) is 8.31. The molecule has 0 atom stereocenters. The van der Waals surface area contributed by atoms with Crippen LogP contribution in [0.5, 0.6) is 0 Å². The maximum atomic E-state index is 12.5. The van der Waals surface area contributed by atoms with E-state index in [-0.39, 0.29) is 0 Å². The van der Waals surface area contributed by atoms with Gasteiger partial charge in [-0.25, -0.2) is 8.42 Å². The number of benzene rings is 2. The van der Waals surface area contributed by atoms with Gasteiger partial charge in [0.15, 0.2) is 9.84 Å². The molecule has 32 heavy (non-hydrogen) atoms. The topological polar surface area (TPSA) is 72.2 Å². The molecular weight excluding hydrogens is 416 g/mol. The van der Waals surface area contributed by atoms with E-state index in [0.717, 1.165) is 49.3 Å². The summed E-state index contributed by atoms with van der Waals surface area (Å²) in [6.45, 7) is 7.51. The largest absolute Gasteiger partial charge is 0.398 e. The van der Waals surface area contributed by atoms with Crippen molar-refractivity contribution < 1.29 is 8.42 Å². The van der Waals surface area contributed by atoms with E-state index in [0.29, 0.717) is 11.7 Å². The third kappa shape index (κ3) is 6.71. The third-order valence-corrected chi connectivity index (χ3v) is 9.97. The highest BCUT2D eigenvalue weighted by Crippen LogP contribution is 2.34. The first-order chi connectivity index (χ1) is 15.2. The van der Waals surface area contributed by atoms with E-state index in [1.807, 2.05) is 32.9 Å². The summed E-state index contributed by atoms with van der Waals surface area (Å²) in [6.07, 6.45) is 9.31. The first-order valence-electron chi connectivity index (χ1n) is 12.4. The Hall–Kier alpha value is -1.59. The van der Waals surface area contributed by atoms with E-state index < -0.39 is 14.6 Å². The molecule has 1 saturated carbocycles. The molecule has 0 amide bonds. The summed E-state index contributed by atoms with van der Waals surface area (Å²) < 4.78 is 24.3. The molecule has 2 aromatic carbocycles. The molecule has 3 N–H and O–H groups in total. The second-order valence-electron chi connectivity index (χ2n) is 10.6. The lowest BCUT2D eigenvalue weighted by Gasteiger charge is -2.30. The molecule has 2 aromatic rings. The molecule has 178 valence electrons. The third-order valence-electron chi connectivity index (χ3n) is 7.19. The molecule has 4 nitrogen and oxygen atoms in total. The summed E-state index contributed by atoms with van der Waals surface area (Å²) in [5, 5.41) is 6.01. The minimum absolute atomic E-state index is 0.363. The Labute approximate surface area is 195 Å². The van der Waals surface area contributed by atoms with Crippen molar-refractivity contribution >= 4 is 26.3 Å². The van der Waals surface area contributed by atoms with Crippen LogP contribution in [0.15, 0.2) is 36.4 Å². The average molecular weight is 459 g/mol. The van der Waals surface area contributed by atoms with Crippen molar-refractivity contribution in [2.24, 2.45) is 11.8 Å². The summed E-state index contributed by atoms with van der Waals surface area (Å²) in [5.74, 6) is 1.52. The molecule has 0 saturated heterocycles. The standard InChI is InChI=1S/C27H42N2O2S/c1-27(2,3)32(30,31)20-22-13-11-21(12-14-22)8-6-7-18-29-19-17-23-15-16-26(28)25-10-5-4-9-24(23)25/h4-5,9-10,15-16,21-22,29H,6-8,11-14,17-20,28H2,1-3H3. The first-order valence-corrected chi connectivity index (χ1v) is 14.0. The molecule has 3 rings (SSSR count). The molecule has 0 aliphatic heterocycles. The lowest BCUT2D eigenvalue weighted by molar-refractivity contribution is 0.272. The molecule has 0 unspecified atom stereocenters. The Morgan fingerprint density at radius 3 is 2.25 bits per heavy atom. The quantitative estimate of drug-likeness (QED) is 0.351. The number of nitrogens with two attached hydrogens (primary N) is 1. The van der Waals surface area contributed by atoms with E-state index in [1.165, 1.54) is 43.1 Å². The minimum Gasteiger partial charge on any atom is -0.398 e. The van der Waals surface area contributed by atoms with E-state index in [4.69, 9.17) is 5.73 Å².